The third-order valence-corrected chi connectivity index (χ3v) is 11.9. The van der Waals surface area contributed by atoms with Gasteiger partial charge in [0.15, 0.2) is 11.6 Å². The zero-order valence-electron chi connectivity index (χ0n) is 24.4. The zero-order chi connectivity index (χ0) is 28.1. The van der Waals surface area contributed by atoms with Crippen molar-refractivity contribution in [1.29, 1.82) is 0 Å². The molecule has 5 aliphatic rings. The van der Waals surface area contributed by atoms with Crippen LogP contribution in [0.25, 0.3) is 0 Å². The first-order chi connectivity index (χ1) is 17.4. The topological polar surface area (TPSA) is 116 Å². The van der Waals surface area contributed by atoms with Crippen LogP contribution in [0.2, 0.25) is 0 Å². The van der Waals surface area contributed by atoms with Gasteiger partial charge in [-0.25, -0.2) is 0 Å². The van der Waals surface area contributed by atoms with E-state index in [1.807, 2.05) is 20.8 Å². The molecule has 4 N–H and O–H groups in total. The molecule has 4 aliphatic carbocycles. The molecule has 3 saturated carbocycles. The van der Waals surface area contributed by atoms with Gasteiger partial charge in [-0.1, -0.05) is 20.8 Å². The van der Waals surface area contributed by atoms with E-state index in [-0.39, 0.29) is 36.1 Å². The molecule has 0 amide bonds. The number of ether oxygens (including phenoxy) is 2. The number of aliphatic hydroxyl groups is 4. The Hall–Kier alpha value is -0.830. The van der Waals surface area contributed by atoms with E-state index in [9.17, 15) is 25.2 Å². The van der Waals surface area contributed by atoms with Crippen LogP contribution in [0.5, 0.6) is 0 Å². The van der Waals surface area contributed by atoms with Gasteiger partial charge in [-0.05, 0) is 114 Å². The summed E-state index contributed by atoms with van der Waals surface area (Å²) in [5.41, 5.74) is -2.79. The van der Waals surface area contributed by atoms with Gasteiger partial charge >= 0.3 is 0 Å². The summed E-state index contributed by atoms with van der Waals surface area (Å²) in [7, 11) is 0. The second-order valence-corrected chi connectivity index (χ2v) is 14.8. The molecular formula is C31H50O7. The Morgan fingerprint density at radius 2 is 1.74 bits per heavy atom. The minimum absolute atomic E-state index is 0.00132. The Morgan fingerprint density at radius 3 is 2.37 bits per heavy atom. The highest BCUT2D eigenvalue weighted by Gasteiger charge is 2.71. The van der Waals surface area contributed by atoms with Crippen molar-refractivity contribution in [1.82, 2.24) is 0 Å². The van der Waals surface area contributed by atoms with Gasteiger partial charge in [0, 0.05) is 11.3 Å². The van der Waals surface area contributed by atoms with Crippen LogP contribution in [0.1, 0.15) is 106 Å². The molecule has 216 valence electrons. The average molecular weight is 535 g/mol. The smallest absolute Gasteiger partial charge is 0.166 e. The van der Waals surface area contributed by atoms with Gasteiger partial charge in [0.2, 0.25) is 0 Å². The van der Waals surface area contributed by atoms with Gasteiger partial charge in [-0.3, -0.25) is 4.79 Å². The molecule has 0 radical (unpaired) electrons. The van der Waals surface area contributed by atoms with Gasteiger partial charge in [0.05, 0.1) is 35.1 Å². The summed E-state index contributed by atoms with van der Waals surface area (Å²) in [4.78, 5) is 13.5. The van der Waals surface area contributed by atoms with Crippen LogP contribution in [0.15, 0.2) is 11.6 Å². The molecule has 1 saturated heterocycles. The van der Waals surface area contributed by atoms with Crippen molar-refractivity contribution < 1.29 is 34.7 Å². The summed E-state index contributed by atoms with van der Waals surface area (Å²) in [6, 6.07) is 0. The molecule has 1 aliphatic heterocycles. The Labute approximate surface area is 228 Å². The van der Waals surface area contributed by atoms with Crippen molar-refractivity contribution in [2.75, 3.05) is 0 Å². The molecule has 5 rings (SSSR count). The van der Waals surface area contributed by atoms with Crippen LogP contribution in [0.4, 0.5) is 0 Å². The number of rotatable bonds is 5. The van der Waals surface area contributed by atoms with E-state index in [0.29, 0.717) is 32.1 Å². The quantitative estimate of drug-likeness (QED) is 0.421. The summed E-state index contributed by atoms with van der Waals surface area (Å²) in [5, 5.41) is 44.0. The van der Waals surface area contributed by atoms with Crippen LogP contribution in [-0.2, 0) is 14.3 Å². The molecule has 1 heterocycles. The lowest BCUT2D eigenvalue weighted by molar-refractivity contribution is -0.201. The van der Waals surface area contributed by atoms with E-state index in [1.54, 1.807) is 6.08 Å². The number of allylic oxidation sites excluding steroid dienone is 1. The molecule has 7 nitrogen and oxygen atoms in total. The van der Waals surface area contributed by atoms with Crippen LogP contribution in [-0.4, -0.2) is 67.1 Å². The minimum Gasteiger partial charge on any atom is -0.390 e. The Kier molecular flexibility index (Phi) is 6.67. The first-order valence-corrected chi connectivity index (χ1v) is 14.9. The highest BCUT2D eigenvalue weighted by Crippen LogP contribution is 2.70. The third kappa shape index (κ3) is 4.01. The van der Waals surface area contributed by atoms with E-state index >= 15 is 0 Å². The lowest BCUT2D eigenvalue weighted by atomic mass is 9.45. The summed E-state index contributed by atoms with van der Waals surface area (Å²) in [6.07, 6.45) is 5.24. The summed E-state index contributed by atoms with van der Waals surface area (Å²) in [5.74, 6) is -1.10. The van der Waals surface area contributed by atoms with Crippen LogP contribution in [0.3, 0.4) is 0 Å². The van der Waals surface area contributed by atoms with E-state index < -0.39 is 45.6 Å². The van der Waals surface area contributed by atoms with E-state index in [0.717, 1.165) is 24.8 Å². The number of ketones is 1. The van der Waals surface area contributed by atoms with Gasteiger partial charge in [0.1, 0.15) is 0 Å². The summed E-state index contributed by atoms with van der Waals surface area (Å²) >= 11 is 0. The summed E-state index contributed by atoms with van der Waals surface area (Å²) < 4.78 is 13.4. The van der Waals surface area contributed by atoms with Crippen LogP contribution >= 0.6 is 0 Å². The fraction of sp³-hybridized carbons (Fsp3) is 0.903. The van der Waals surface area contributed by atoms with E-state index in [2.05, 4.69) is 27.7 Å². The monoisotopic (exact) mass is 534 g/mol. The van der Waals surface area contributed by atoms with Crippen molar-refractivity contribution in [2.24, 2.45) is 28.6 Å². The maximum absolute atomic E-state index is 13.5. The van der Waals surface area contributed by atoms with Gasteiger partial charge in [-0.15, -0.1) is 0 Å². The lowest BCUT2D eigenvalue weighted by Crippen LogP contribution is -2.62. The molecule has 4 fully saturated rings. The molecule has 0 aromatic heterocycles. The average Bonchev–Trinajstić information content (AvgIpc) is 3.25. The number of fused-ring (bicyclic) bond motifs is 5. The molecule has 0 aromatic rings. The van der Waals surface area contributed by atoms with Crippen molar-refractivity contribution in [3.05, 3.63) is 11.6 Å². The second-order valence-electron chi connectivity index (χ2n) is 14.8. The van der Waals surface area contributed by atoms with Gasteiger partial charge < -0.3 is 29.9 Å². The molecule has 0 bridgehead atoms. The maximum Gasteiger partial charge on any atom is 0.166 e. The van der Waals surface area contributed by atoms with Crippen molar-refractivity contribution >= 4 is 5.78 Å². The van der Waals surface area contributed by atoms with Gasteiger partial charge in [0.25, 0.3) is 0 Å². The van der Waals surface area contributed by atoms with Crippen molar-refractivity contribution in [2.45, 2.75) is 147 Å². The summed E-state index contributed by atoms with van der Waals surface area (Å²) in [6.45, 7) is 14.1. The van der Waals surface area contributed by atoms with E-state index in [1.165, 1.54) is 0 Å². The molecular weight excluding hydrogens is 484 g/mol. The molecule has 0 spiro atoms. The van der Waals surface area contributed by atoms with Crippen molar-refractivity contribution in [3.8, 4) is 0 Å². The highest BCUT2D eigenvalue weighted by atomic mass is 16.8. The van der Waals surface area contributed by atoms with Gasteiger partial charge in [-0.2, -0.15) is 0 Å². The molecule has 0 unspecified atom stereocenters. The Morgan fingerprint density at radius 1 is 1.05 bits per heavy atom. The zero-order valence-corrected chi connectivity index (χ0v) is 24.4. The van der Waals surface area contributed by atoms with E-state index in [4.69, 9.17) is 9.47 Å². The normalized spacial score (nSPS) is 52.8. The van der Waals surface area contributed by atoms with Crippen molar-refractivity contribution in [3.63, 3.8) is 0 Å². The fourth-order valence-electron chi connectivity index (χ4n) is 9.54. The maximum atomic E-state index is 13.5. The number of hydrogen-bond donors (Lipinski definition) is 4. The minimum atomic E-state index is -1.15. The number of carbonyl (C=O) groups excluding carboxylic acids is 1. The predicted molar refractivity (Wildman–Crippen MR) is 143 cm³/mol. The first-order valence-electron chi connectivity index (χ1n) is 14.9. The molecule has 0 aromatic carbocycles. The molecule has 11 atom stereocenters. The SMILES string of the molecule is CC[C@]1(C)O[C@H](CCC(C)(C)O)[C@@](C)([C@H]2CC[C@@]3(O)C4=CC(=O)[C@@H]5C[C@@H](O)[C@@H](O)C[C@]5(C)[C@H]4CC[C@]23C)O1. The molecule has 7 heteroatoms. The molecule has 38 heavy (non-hydrogen) atoms. The predicted octanol–water partition coefficient (Wildman–Crippen LogP) is 4.04. The number of carbonyl (C=O) groups is 1. The number of aliphatic hydroxyl groups excluding tert-OH is 2. The van der Waals surface area contributed by atoms with Crippen LogP contribution < -0.4 is 0 Å². The third-order valence-electron chi connectivity index (χ3n) is 11.9. The fourth-order valence-corrected chi connectivity index (χ4v) is 9.54. The number of hydrogen-bond acceptors (Lipinski definition) is 7. The Bertz CT molecular complexity index is 1000. The second kappa shape index (κ2) is 8.83. The first kappa shape index (κ1) is 28.7. The van der Waals surface area contributed by atoms with Crippen LogP contribution in [0, 0.1) is 28.6 Å². The Balaban J connectivity index is 1.51. The largest absolute Gasteiger partial charge is 0.390 e. The standard InChI is InChI=1S/C31H50O7/c1-8-29(6)37-25(11-12-26(2,3)35)30(7,38-29)24-10-14-31(36)19-15-21(32)20-16-22(33)23(34)17-27(20,4)18(19)9-13-28(24,31)5/h15,18,20,22-25,33-36H,8-14,16-17H2,1-7H3/t18-,20-,22+,23-,24-,25+,27+,28+,29+,30+,31+/m0/s1. The lowest BCUT2D eigenvalue weighted by Gasteiger charge is -2.60. The highest BCUT2D eigenvalue weighted by molar-refractivity contribution is 5.95.